The van der Waals surface area contributed by atoms with Gasteiger partial charge >= 0.3 is 0 Å². The van der Waals surface area contributed by atoms with Gasteiger partial charge in [-0.05, 0) is 69.8 Å². The molecule has 0 heterocycles. The first-order valence-electron chi connectivity index (χ1n) is 6.50. The third kappa shape index (κ3) is 2.86. The summed E-state index contributed by atoms with van der Waals surface area (Å²) in [5.74, 6) is 0. The van der Waals surface area contributed by atoms with Gasteiger partial charge in [0.15, 0.2) is 0 Å². The van der Waals surface area contributed by atoms with Crippen LogP contribution in [-0.4, -0.2) is 0 Å². The van der Waals surface area contributed by atoms with Crippen LogP contribution in [0, 0.1) is 0 Å². The second kappa shape index (κ2) is 6.03. The summed E-state index contributed by atoms with van der Waals surface area (Å²) in [4.78, 5) is 0. The third-order valence-electron chi connectivity index (χ3n) is 3.23. The fraction of sp³-hybridized carbons (Fsp3) is 0. The number of benzene rings is 2. The maximum atomic E-state index is 3.84. The van der Waals surface area contributed by atoms with Gasteiger partial charge in [0.05, 0.1) is 0 Å². The Morgan fingerprint density at radius 3 is 0.900 bits per heavy atom. The molecule has 0 saturated heterocycles. The molecule has 20 heavy (non-hydrogen) atoms. The molecule has 0 atom stereocenters. The molecule has 2 aromatic carbocycles. The minimum atomic E-state index is 1.08. The lowest BCUT2D eigenvalue weighted by Crippen LogP contribution is -1.86. The van der Waals surface area contributed by atoms with Crippen LogP contribution in [0.25, 0.3) is 35.4 Å². The molecule has 0 radical (unpaired) electrons. The Kier molecular flexibility index (Phi) is 4.17. The van der Waals surface area contributed by atoms with Crippen molar-refractivity contribution in [2.24, 2.45) is 0 Å². The van der Waals surface area contributed by atoms with Gasteiger partial charge in [0.2, 0.25) is 0 Å². The molecule has 0 aliphatic carbocycles. The first-order valence-corrected chi connectivity index (χ1v) is 6.50. The van der Waals surface area contributed by atoms with Crippen molar-refractivity contribution in [2.75, 3.05) is 0 Å². The molecule has 0 nitrogen and oxygen atoms in total. The molecule has 0 fully saturated rings. The zero-order valence-electron chi connectivity index (χ0n) is 11.6. The van der Waals surface area contributed by atoms with Gasteiger partial charge in [-0.25, -0.2) is 0 Å². The molecule has 0 N–H and O–H groups in total. The lowest BCUT2D eigenvalue weighted by atomic mass is 9.96. The summed E-state index contributed by atoms with van der Waals surface area (Å²) in [7, 11) is 0. The van der Waals surface area contributed by atoms with Gasteiger partial charge in [-0.1, -0.05) is 50.6 Å². The van der Waals surface area contributed by atoms with Crippen molar-refractivity contribution in [1.82, 2.24) is 0 Å². The van der Waals surface area contributed by atoms with Gasteiger partial charge in [0.1, 0.15) is 0 Å². The second-order valence-electron chi connectivity index (χ2n) is 4.59. The molecule has 0 saturated carbocycles. The highest BCUT2D eigenvalue weighted by Crippen LogP contribution is 2.26. The number of hydrogen-bond donors (Lipinski definition) is 0. The second-order valence-corrected chi connectivity index (χ2v) is 4.59. The van der Waals surface area contributed by atoms with Crippen molar-refractivity contribution in [3.8, 4) is 11.1 Å². The largest absolute Gasteiger partial charge is 0.0985 e. The molecule has 0 spiro atoms. The Labute approximate surface area is 121 Å². The van der Waals surface area contributed by atoms with E-state index in [1.165, 1.54) is 0 Å². The first kappa shape index (κ1) is 13.8. The van der Waals surface area contributed by atoms with E-state index in [9.17, 15) is 0 Å². The minimum Gasteiger partial charge on any atom is -0.0985 e. The van der Waals surface area contributed by atoms with Crippen LogP contribution in [0.1, 0.15) is 22.3 Å². The molecule has 0 heteroatoms. The van der Waals surface area contributed by atoms with Crippen molar-refractivity contribution < 1.29 is 0 Å². The van der Waals surface area contributed by atoms with Crippen LogP contribution in [0.4, 0.5) is 0 Å². The van der Waals surface area contributed by atoms with Crippen LogP contribution >= 0.6 is 0 Å². The standard InChI is InChI=1S/C20H18/c1-5-15-9-16(6-2)12-19(11-15)20-13-17(7-3)10-18(8-4)14-20/h5-14H,1-4H2. The predicted octanol–water partition coefficient (Wildman–Crippen LogP) is 5.93. The third-order valence-corrected chi connectivity index (χ3v) is 3.23. The minimum absolute atomic E-state index is 1.08. The SMILES string of the molecule is C=Cc1cc(C=C)cc(-c2cc(C=C)cc(C=C)c2)c1. The Bertz CT molecular complexity index is 573. The summed E-state index contributed by atoms with van der Waals surface area (Å²) in [6.45, 7) is 15.4. The van der Waals surface area contributed by atoms with Crippen LogP contribution < -0.4 is 0 Å². The van der Waals surface area contributed by atoms with E-state index in [0.29, 0.717) is 0 Å². The quantitative estimate of drug-likeness (QED) is 0.624. The maximum Gasteiger partial charge on any atom is -0.0172 e. The van der Waals surface area contributed by atoms with Gasteiger partial charge in [0.25, 0.3) is 0 Å². The van der Waals surface area contributed by atoms with Crippen LogP contribution in [0.3, 0.4) is 0 Å². The summed E-state index contributed by atoms with van der Waals surface area (Å²) < 4.78 is 0. The van der Waals surface area contributed by atoms with E-state index < -0.39 is 0 Å². The summed E-state index contributed by atoms with van der Waals surface area (Å²) in [6, 6.07) is 12.6. The Morgan fingerprint density at radius 1 is 0.450 bits per heavy atom. The van der Waals surface area contributed by atoms with Crippen molar-refractivity contribution >= 4 is 24.3 Å². The fourth-order valence-electron chi connectivity index (χ4n) is 2.16. The van der Waals surface area contributed by atoms with Gasteiger partial charge in [-0.15, -0.1) is 0 Å². The predicted molar refractivity (Wildman–Crippen MR) is 92.2 cm³/mol. The van der Waals surface area contributed by atoms with E-state index in [2.05, 4.69) is 62.7 Å². The fourth-order valence-corrected chi connectivity index (χ4v) is 2.16. The normalized spacial score (nSPS) is 9.80. The summed E-state index contributed by atoms with van der Waals surface area (Å²) in [6.07, 6.45) is 7.40. The molecule has 0 unspecified atom stereocenters. The van der Waals surface area contributed by atoms with E-state index >= 15 is 0 Å². The van der Waals surface area contributed by atoms with E-state index in [4.69, 9.17) is 0 Å². The maximum absolute atomic E-state index is 3.84. The molecule has 0 amide bonds. The van der Waals surface area contributed by atoms with Crippen LogP contribution in [0.2, 0.25) is 0 Å². The molecular formula is C20H18. The number of hydrogen-bond acceptors (Lipinski definition) is 0. The average Bonchev–Trinajstić information content (AvgIpc) is 2.53. The van der Waals surface area contributed by atoms with Gasteiger partial charge in [-0.3, -0.25) is 0 Å². The monoisotopic (exact) mass is 258 g/mol. The van der Waals surface area contributed by atoms with Crippen molar-refractivity contribution in [3.63, 3.8) is 0 Å². The van der Waals surface area contributed by atoms with Gasteiger partial charge < -0.3 is 0 Å². The van der Waals surface area contributed by atoms with Crippen LogP contribution in [0.15, 0.2) is 62.7 Å². The van der Waals surface area contributed by atoms with Crippen molar-refractivity contribution in [2.45, 2.75) is 0 Å². The van der Waals surface area contributed by atoms with E-state index in [0.717, 1.165) is 33.4 Å². The molecule has 0 aliphatic rings. The lowest BCUT2D eigenvalue weighted by Gasteiger charge is -2.08. The highest BCUT2D eigenvalue weighted by Gasteiger charge is 2.03. The highest BCUT2D eigenvalue weighted by molar-refractivity contribution is 5.75. The van der Waals surface area contributed by atoms with E-state index in [-0.39, 0.29) is 0 Å². The smallest absolute Gasteiger partial charge is 0.0172 e. The van der Waals surface area contributed by atoms with Crippen molar-refractivity contribution in [3.05, 3.63) is 85.0 Å². The molecule has 0 bridgehead atoms. The molecule has 98 valence electrons. The van der Waals surface area contributed by atoms with Gasteiger partial charge in [0, 0.05) is 0 Å². The van der Waals surface area contributed by atoms with Gasteiger partial charge in [-0.2, -0.15) is 0 Å². The highest BCUT2D eigenvalue weighted by atomic mass is 14.1. The lowest BCUT2D eigenvalue weighted by molar-refractivity contribution is 1.55. The number of rotatable bonds is 5. The molecule has 0 aromatic heterocycles. The Hall–Kier alpha value is -2.60. The van der Waals surface area contributed by atoms with E-state index in [1.807, 2.05) is 24.3 Å². The van der Waals surface area contributed by atoms with Crippen LogP contribution in [-0.2, 0) is 0 Å². The summed E-state index contributed by atoms with van der Waals surface area (Å²) >= 11 is 0. The Morgan fingerprint density at radius 2 is 0.700 bits per heavy atom. The average molecular weight is 258 g/mol. The molecule has 2 aromatic rings. The summed E-state index contributed by atoms with van der Waals surface area (Å²) in [5, 5.41) is 0. The topological polar surface area (TPSA) is 0 Å². The van der Waals surface area contributed by atoms with E-state index in [1.54, 1.807) is 0 Å². The van der Waals surface area contributed by atoms with Crippen molar-refractivity contribution in [1.29, 1.82) is 0 Å². The summed E-state index contributed by atoms with van der Waals surface area (Å²) in [5.41, 5.74) is 6.62. The molecule has 0 aliphatic heterocycles. The molecule has 2 rings (SSSR count). The molecular weight excluding hydrogens is 240 g/mol. The van der Waals surface area contributed by atoms with Crippen LogP contribution in [0.5, 0.6) is 0 Å². The first-order chi connectivity index (χ1) is 9.69. The zero-order valence-corrected chi connectivity index (χ0v) is 11.6. The Balaban J connectivity index is 2.66. The zero-order chi connectivity index (χ0) is 14.5.